The minimum Gasteiger partial charge on any atom is -0.367 e. The molecule has 0 radical (unpaired) electrons. The lowest BCUT2D eigenvalue weighted by Gasteiger charge is -2.37. The summed E-state index contributed by atoms with van der Waals surface area (Å²) < 4.78 is 40.2. The normalized spacial score (nSPS) is 13.0. The number of nitrogens with zero attached hydrogens (tertiary/aromatic N) is 2. The van der Waals surface area contributed by atoms with Crippen LogP contribution in [-0.2, 0) is 6.54 Å². The van der Waals surface area contributed by atoms with Gasteiger partial charge in [-0.3, -0.25) is 14.4 Å². The summed E-state index contributed by atoms with van der Waals surface area (Å²) in [7, 11) is 0. The van der Waals surface area contributed by atoms with Gasteiger partial charge < -0.3 is 20.4 Å². The molecule has 214 valence electrons. The zero-order chi connectivity index (χ0) is 29.6. The summed E-state index contributed by atoms with van der Waals surface area (Å²) in [5, 5.41) is 5.59. The van der Waals surface area contributed by atoms with Crippen molar-refractivity contribution in [3.05, 3.63) is 131 Å². The number of halogens is 3. The van der Waals surface area contributed by atoms with E-state index in [1.165, 1.54) is 54.6 Å². The van der Waals surface area contributed by atoms with E-state index < -0.39 is 23.4 Å². The van der Waals surface area contributed by atoms with Gasteiger partial charge in [0.25, 0.3) is 17.7 Å². The first-order valence-corrected chi connectivity index (χ1v) is 13.3. The van der Waals surface area contributed by atoms with Crippen LogP contribution >= 0.6 is 0 Å². The monoisotopic (exact) mass is 572 g/mol. The number of amides is 3. The maximum atomic E-state index is 13.6. The van der Waals surface area contributed by atoms with Crippen molar-refractivity contribution in [3.8, 4) is 0 Å². The first-order valence-electron chi connectivity index (χ1n) is 13.3. The van der Waals surface area contributed by atoms with Gasteiger partial charge in [0.05, 0.1) is 5.56 Å². The Kier molecular flexibility index (Phi) is 8.52. The summed E-state index contributed by atoms with van der Waals surface area (Å²) in [5.41, 5.74) is 2.48. The maximum absolute atomic E-state index is 13.6. The molecule has 0 atom stereocenters. The van der Waals surface area contributed by atoms with Gasteiger partial charge in [0.15, 0.2) is 0 Å². The Morgan fingerprint density at radius 3 is 2.00 bits per heavy atom. The molecule has 1 aliphatic rings. The van der Waals surface area contributed by atoms with E-state index in [4.69, 9.17) is 0 Å². The molecule has 3 amide bonds. The van der Waals surface area contributed by atoms with Gasteiger partial charge in [0.2, 0.25) is 0 Å². The highest BCUT2D eigenvalue weighted by Gasteiger charge is 2.25. The van der Waals surface area contributed by atoms with Crippen LogP contribution in [-0.4, -0.2) is 48.8 Å². The molecule has 10 heteroatoms. The quantitative estimate of drug-likeness (QED) is 0.317. The Morgan fingerprint density at radius 2 is 1.33 bits per heavy atom. The molecule has 5 rings (SSSR count). The van der Waals surface area contributed by atoms with Crippen molar-refractivity contribution >= 4 is 29.1 Å². The number of carbonyl (C=O) groups excluding carboxylic acids is 3. The molecule has 1 fully saturated rings. The van der Waals surface area contributed by atoms with Crippen molar-refractivity contribution in [1.29, 1.82) is 0 Å². The Morgan fingerprint density at radius 1 is 0.667 bits per heavy atom. The van der Waals surface area contributed by atoms with E-state index in [0.717, 1.165) is 0 Å². The fourth-order valence-electron chi connectivity index (χ4n) is 4.71. The standard InChI is InChI=1S/C32H27F3N4O3/c33-24-8-4-21(5-9-24)20-36-31(41)28-19-27(37-30(40)22-6-10-25(34)11-7-22)12-13-29(28)38-14-16-39(17-15-38)32(42)23-2-1-3-26(35)18-23/h1-13,18-19H,14-17,20H2,(H,36,41)(H,37,40). The van der Waals surface area contributed by atoms with E-state index in [0.29, 0.717) is 48.7 Å². The zero-order valence-corrected chi connectivity index (χ0v) is 22.4. The first kappa shape index (κ1) is 28.4. The Balaban J connectivity index is 1.34. The molecular weight excluding hydrogens is 545 g/mol. The summed E-state index contributed by atoms with van der Waals surface area (Å²) in [6.45, 7) is 1.70. The largest absolute Gasteiger partial charge is 0.367 e. The van der Waals surface area contributed by atoms with Crippen LogP contribution in [0.5, 0.6) is 0 Å². The third-order valence-corrected chi connectivity index (χ3v) is 6.95. The Labute approximate surface area is 240 Å². The lowest BCUT2D eigenvalue weighted by atomic mass is 10.1. The van der Waals surface area contributed by atoms with Gasteiger partial charge in [-0.15, -0.1) is 0 Å². The van der Waals surface area contributed by atoms with E-state index in [1.54, 1.807) is 41.3 Å². The predicted octanol–water partition coefficient (Wildman–Crippen LogP) is 5.25. The van der Waals surface area contributed by atoms with E-state index >= 15 is 0 Å². The summed E-state index contributed by atoms with van der Waals surface area (Å²) in [5.74, 6) is -2.48. The third kappa shape index (κ3) is 6.77. The molecule has 1 heterocycles. The minimum atomic E-state index is -0.484. The second-order valence-corrected chi connectivity index (χ2v) is 9.79. The van der Waals surface area contributed by atoms with Crippen molar-refractivity contribution in [3.63, 3.8) is 0 Å². The van der Waals surface area contributed by atoms with Gasteiger partial charge in [-0.25, -0.2) is 13.2 Å². The molecule has 2 N–H and O–H groups in total. The fraction of sp³-hybridized carbons (Fsp3) is 0.156. The van der Waals surface area contributed by atoms with Crippen LogP contribution in [0, 0.1) is 17.5 Å². The fourth-order valence-corrected chi connectivity index (χ4v) is 4.71. The van der Waals surface area contributed by atoms with Gasteiger partial charge in [-0.2, -0.15) is 0 Å². The summed E-state index contributed by atoms with van der Waals surface area (Å²) in [4.78, 5) is 42.6. The number of carbonyl (C=O) groups is 3. The highest BCUT2D eigenvalue weighted by atomic mass is 19.1. The molecule has 7 nitrogen and oxygen atoms in total. The molecule has 0 bridgehead atoms. The average molecular weight is 573 g/mol. The van der Waals surface area contributed by atoms with Crippen molar-refractivity contribution < 1.29 is 27.6 Å². The zero-order valence-electron chi connectivity index (χ0n) is 22.4. The second kappa shape index (κ2) is 12.6. The molecule has 1 aliphatic heterocycles. The SMILES string of the molecule is O=C(Nc1ccc(N2CCN(C(=O)c3cccc(F)c3)CC2)c(C(=O)NCc2ccc(F)cc2)c1)c1ccc(F)cc1. The molecule has 0 unspecified atom stereocenters. The topological polar surface area (TPSA) is 81.8 Å². The van der Waals surface area contributed by atoms with E-state index in [1.807, 2.05) is 4.90 Å². The van der Waals surface area contributed by atoms with Gasteiger partial charge in [-0.1, -0.05) is 18.2 Å². The number of nitrogens with one attached hydrogen (secondary N) is 2. The minimum absolute atomic E-state index is 0.153. The molecular formula is C32H27F3N4O3. The second-order valence-electron chi connectivity index (χ2n) is 9.79. The summed E-state index contributed by atoms with van der Waals surface area (Å²) in [6.07, 6.45) is 0. The number of rotatable bonds is 7. The molecule has 4 aromatic carbocycles. The van der Waals surface area contributed by atoms with Gasteiger partial charge >= 0.3 is 0 Å². The average Bonchev–Trinajstić information content (AvgIpc) is 3.00. The van der Waals surface area contributed by atoms with Gasteiger partial charge in [-0.05, 0) is 78.4 Å². The molecule has 0 aromatic heterocycles. The molecule has 0 saturated carbocycles. The number of hydrogen-bond donors (Lipinski definition) is 2. The first-order chi connectivity index (χ1) is 20.3. The van der Waals surface area contributed by atoms with Gasteiger partial charge in [0.1, 0.15) is 17.5 Å². The van der Waals surface area contributed by atoms with E-state index in [-0.39, 0.29) is 29.4 Å². The number of anilines is 2. The van der Waals surface area contributed by atoms with Crippen LogP contribution in [0.3, 0.4) is 0 Å². The van der Waals surface area contributed by atoms with E-state index in [9.17, 15) is 27.6 Å². The Bertz CT molecular complexity index is 1600. The molecule has 4 aromatic rings. The van der Waals surface area contributed by atoms with Gasteiger partial charge in [0, 0.05) is 55.2 Å². The van der Waals surface area contributed by atoms with E-state index in [2.05, 4.69) is 10.6 Å². The van der Waals surface area contributed by atoms with Crippen molar-refractivity contribution in [2.75, 3.05) is 36.4 Å². The maximum Gasteiger partial charge on any atom is 0.255 e. The number of piperazine rings is 1. The van der Waals surface area contributed by atoms with Crippen LogP contribution < -0.4 is 15.5 Å². The predicted molar refractivity (Wildman–Crippen MR) is 153 cm³/mol. The number of benzene rings is 4. The molecule has 1 saturated heterocycles. The number of hydrogen-bond acceptors (Lipinski definition) is 4. The summed E-state index contributed by atoms with van der Waals surface area (Å²) in [6, 6.07) is 21.3. The van der Waals surface area contributed by atoms with Crippen molar-refractivity contribution in [1.82, 2.24) is 10.2 Å². The molecule has 0 aliphatic carbocycles. The lowest BCUT2D eigenvalue weighted by molar-refractivity contribution is 0.0745. The van der Waals surface area contributed by atoms with Crippen LogP contribution in [0.2, 0.25) is 0 Å². The highest BCUT2D eigenvalue weighted by Crippen LogP contribution is 2.27. The van der Waals surface area contributed by atoms with Crippen molar-refractivity contribution in [2.24, 2.45) is 0 Å². The van der Waals surface area contributed by atoms with Crippen LogP contribution in [0.4, 0.5) is 24.5 Å². The molecule has 42 heavy (non-hydrogen) atoms. The van der Waals surface area contributed by atoms with Crippen molar-refractivity contribution in [2.45, 2.75) is 6.54 Å². The lowest BCUT2D eigenvalue weighted by Crippen LogP contribution is -2.49. The smallest absolute Gasteiger partial charge is 0.255 e. The molecule has 0 spiro atoms. The van der Waals surface area contributed by atoms with Crippen LogP contribution in [0.1, 0.15) is 36.6 Å². The summed E-state index contributed by atoms with van der Waals surface area (Å²) >= 11 is 0. The van der Waals surface area contributed by atoms with Crippen LogP contribution in [0.25, 0.3) is 0 Å². The highest BCUT2D eigenvalue weighted by molar-refractivity contribution is 6.06. The van der Waals surface area contributed by atoms with Crippen LogP contribution in [0.15, 0.2) is 91.0 Å². The Hall–Kier alpha value is -5.12. The third-order valence-electron chi connectivity index (χ3n) is 6.95.